The quantitative estimate of drug-likeness (QED) is 0.282. The van der Waals surface area contributed by atoms with Crippen LogP contribution in [0.3, 0.4) is 0 Å². The molecule has 0 aliphatic rings. The Balaban J connectivity index is 3.14. The van der Waals surface area contributed by atoms with Gasteiger partial charge in [0, 0.05) is 6.21 Å². The number of nitrogens with zero attached hydrogens (tertiary/aromatic N) is 1. The topological polar surface area (TPSA) is 48.2 Å². The molecule has 0 aromatic rings. The molecule has 0 saturated heterocycles. The molecule has 2 N–H and O–H groups in total. The van der Waals surface area contributed by atoms with Gasteiger partial charge in [-0.3, -0.25) is 10.8 Å². The van der Waals surface area contributed by atoms with Crippen molar-refractivity contribution in [1.29, 1.82) is 5.41 Å². The summed E-state index contributed by atoms with van der Waals surface area (Å²) in [5.74, 6) is 0.359. The fraction of sp³-hybridized carbons (Fsp3) is 0.500. The zero-order chi connectivity index (χ0) is 5.70. The highest BCUT2D eigenvalue weighted by molar-refractivity contribution is 5.76. The highest BCUT2D eigenvalue weighted by Crippen LogP contribution is 1.57. The number of hydrazone groups is 1. The van der Waals surface area contributed by atoms with E-state index in [4.69, 9.17) is 5.41 Å². The fourth-order valence-electron chi connectivity index (χ4n) is 0.161. The third-order valence-electron chi connectivity index (χ3n) is 0.361. The molecule has 0 unspecified atom stereocenters. The maximum Gasteiger partial charge on any atom is 0.111 e. The largest absolute Gasteiger partial charge is 0.287 e. The summed E-state index contributed by atoms with van der Waals surface area (Å²) in [4.78, 5) is 0. The number of nitrogens with one attached hydrogen (secondary N) is 2. The summed E-state index contributed by atoms with van der Waals surface area (Å²) in [7, 11) is 0. The second-order valence-electron chi connectivity index (χ2n) is 1.12. The summed E-state index contributed by atoms with van der Waals surface area (Å²) in [6.07, 6.45) is 1.60. The number of hydrogen-bond donors (Lipinski definition) is 2. The lowest BCUT2D eigenvalue weighted by Gasteiger charge is -1.88. The summed E-state index contributed by atoms with van der Waals surface area (Å²) in [5.41, 5.74) is 2.45. The van der Waals surface area contributed by atoms with Crippen molar-refractivity contribution in [2.24, 2.45) is 5.10 Å². The van der Waals surface area contributed by atoms with Crippen LogP contribution in [0.15, 0.2) is 5.10 Å². The third kappa shape index (κ3) is 5.14. The second-order valence-corrected chi connectivity index (χ2v) is 1.12. The van der Waals surface area contributed by atoms with Crippen LogP contribution in [-0.2, 0) is 0 Å². The summed E-state index contributed by atoms with van der Waals surface area (Å²) in [6.45, 7) is 3.42. The van der Waals surface area contributed by atoms with Crippen molar-refractivity contribution in [3.05, 3.63) is 0 Å². The maximum atomic E-state index is 6.77. The molecule has 0 aromatic carbocycles. The van der Waals surface area contributed by atoms with E-state index in [-0.39, 0.29) is 0 Å². The first-order valence-electron chi connectivity index (χ1n) is 2.06. The summed E-state index contributed by atoms with van der Waals surface area (Å²) < 4.78 is 0. The van der Waals surface area contributed by atoms with Crippen molar-refractivity contribution >= 4 is 12.1 Å². The minimum absolute atomic E-state index is 0.359. The zero-order valence-electron chi connectivity index (χ0n) is 4.52. The molecule has 0 saturated carbocycles. The van der Waals surface area contributed by atoms with Gasteiger partial charge in [-0.25, -0.2) is 0 Å². The van der Waals surface area contributed by atoms with E-state index < -0.39 is 0 Å². The van der Waals surface area contributed by atoms with Crippen LogP contribution in [0.4, 0.5) is 0 Å². The van der Waals surface area contributed by atoms with Crippen LogP contribution in [0, 0.1) is 5.41 Å². The Kier molecular flexibility index (Phi) is 2.92. The lowest BCUT2D eigenvalue weighted by molar-refractivity contribution is 1.01. The van der Waals surface area contributed by atoms with Crippen LogP contribution >= 0.6 is 0 Å². The predicted octanol–water partition coefficient (Wildman–Crippen LogP) is 0.579. The minimum atomic E-state index is 0.359. The molecule has 40 valence electrons. The molecule has 0 atom stereocenters. The Bertz CT molecular complexity index is 84.9. The van der Waals surface area contributed by atoms with Gasteiger partial charge >= 0.3 is 0 Å². The van der Waals surface area contributed by atoms with Crippen LogP contribution in [0.1, 0.15) is 13.8 Å². The van der Waals surface area contributed by atoms with E-state index in [0.29, 0.717) is 5.84 Å². The Morgan fingerprint density at radius 2 is 2.43 bits per heavy atom. The molecule has 0 amide bonds. The van der Waals surface area contributed by atoms with E-state index in [1.165, 1.54) is 0 Å². The monoisotopic (exact) mass is 99.1 g/mol. The smallest absolute Gasteiger partial charge is 0.111 e. The molecule has 0 aliphatic carbocycles. The van der Waals surface area contributed by atoms with Crippen molar-refractivity contribution in [3.63, 3.8) is 0 Å². The van der Waals surface area contributed by atoms with Crippen molar-refractivity contribution in [1.82, 2.24) is 5.43 Å². The van der Waals surface area contributed by atoms with Crippen molar-refractivity contribution in [3.8, 4) is 0 Å². The molecule has 0 heterocycles. The van der Waals surface area contributed by atoms with Gasteiger partial charge in [-0.2, -0.15) is 5.10 Å². The highest BCUT2D eigenvalue weighted by atomic mass is 15.3. The summed E-state index contributed by atoms with van der Waals surface area (Å²) in [6, 6.07) is 0. The first kappa shape index (κ1) is 6.14. The van der Waals surface area contributed by atoms with E-state index >= 15 is 0 Å². The minimum Gasteiger partial charge on any atom is -0.287 e. The van der Waals surface area contributed by atoms with Gasteiger partial charge in [0.2, 0.25) is 0 Å². The average Bonchev–Trinajstić information content (AvgIpc) is 1.61. The van der Waals surface area contributed by atoms with Gasteiger partial charge < -0.3 is 0 Å². The molecule has 0 radical (unpaired) electrons. The fourth-order valence-corrected chi connectivity index (χ4v) is 0.161. The standard InChI is InChI=1S/C4H9N3/c1-3-6-7-4(2)5/h3H,1-2H3,(H2,5,7)/b6-3-. The summed E-state index contributed by atoms with van der Waals surface area (Å²) in [5, 5.41) is 10.3. The van der Waals surface area contributed by atoms with Gasteiger partial charge in [-0.15, -0.1) is 0 Å². The van der Waals surface area contributed by atoms with Crippen LogP contribution in [-0.4, -0.2) is 12.1 Å². The molecule has 0 aliphatic heterocycles. The number of rotatable bonds is 1. The molecule has 0 rings (SSSR count). The Morgan fingerprint density at radius 3 is 2.57 bits per heavy atom. The van der Waals surface area contributed by atoms with E-state index in [9.17, 15) is 0 Å². The van der Waals surface area contributed by atoms with Crippen molar-refractivity contribution < 1.29 is 0 Å². The lowest BCUT2D eigenvalue weighted by atomic mass is 10.7. The van der Waals surface area contributed by atoms with Crippen molar-refractivity contribution in [2.75, 3.05) is 0 Å². The molecule has 0 aromatic heterocycles. The van der Waals surface area contributed by atoms with E-state index in [0.717, 1.165) is 0 Å². The van der Waals surface area contributed by atoms with Gasteiger partial charge in [0.05, 0.1) is 0 Å². The maximum absolute atomic E-state index is 6.77. The molecule has 0 spiro atoms. The molecule has 7 heavy (non-hydrogen) atoms. The van der Waals surface area contributed by atoms with E-state index in [1.807, 2.05) is 0 Å². The average molecular weight is 99.1 g/mol. The third-order valence-corrected chi connectivity index (χ3v) is 0.361. The van der Waals surface area contributed by atoms with E-state index in [1.54, 1.807) is 20.1 Å². The number of amidine groups is 1. The van der Waals surface area contributed by atoms with Gasteiger partial charge in [0.25, 0.3) is 0 Å². The molecule has 0 fully saturated rings. The molecular weight excluding hydrogens is 90.1 g/mol. The SMILES string of the molecule is C/C=N\NC(C)=N. The molecule has 0 bridgehead atoms. The van der Waals surface area contributed by atoms with Gasteiger partial charge in [0.15, 0.2) is 0 Å². The van der Waals surface area contributed by atoms with Crippen LogP contribution in [0.25, 0.3) is 0 Å². The molecule has 3 nitrogen and oxygen atoms in total. The van der Waals surface area contributed by atoms with Crippen LogP contribution in [0.5, 0.6) is 0 Å². The zero-order valence-corrected chi connectivity index (χ0v) is 4.52. The van der Waals surface area contributed by atoms with Crippen LogP contribution in [0.2, 0.25) is 0 Å². The molecule has 3 heteroatoms. The first-order chi connectivity index (χ1) is 3.27. The Hall–Kier alpha value is -0.860. The summed E-state index contributed by atoms with van der Waals surface area (Å²) >= 11 is 0. The van der Waals surface area contributed by atoms with Gasteiger partial charge in [-0.05, 0) is 13.8 Å². The van der Waals surface area contributed by atoms with Crippen LogP contribution < -0.4 is 5.43 Å². The Labute approximate surface area is 42.9 Å². The van der Waals surface area contributed by atoms with Gasteiger partial charge in [-0.1, -0.05) is 0 Å². The Morgan fingerprint density at radius 1 is 1.86 bits per heavy atom. The predicted molar refractivity (Wildman–Crippen MR) is 30.7 cm³/mol. The van der Waals surface area contributed by atoms with E-state index in [2.05, 4.69) is 10.5 Å². The number of hydrogen-bond acceptors (Lipinski definition) is 2. The molecular formula is C4H9N3. The second kappa shape index (κ2) is 3.33. The normalized spacial score (nSPS) is 9.43. The first-order valence-corrected chi connectivity index (χ1v) is 2.06. The van der Waals surface area contributed by atoms with Crippen molar-refractivity contribution in [2.45, 2.75) is 13.8 Å². The lowest BCUT2D eigenvalue weighted by Crippen LogP contribution is -2.10. The highest BCUT2D eigenvalue weighted by Gasteiger charge is 1.72. The van der Waals surface area contributed by atoms with Gasteiger partial charge in [0.1, 0.15) is 5.84 Å².